The number of hydrogen-bond acceptors (Lipinski definition) is 7. The van der Waals surface area contributed by atoms with Crippen molar-refractivity contribution in [1.82, 2.24) is 0 Å². The van der Waals surface area contributed by atoms with Gasteiger partial charge in [0.15, 0.2) is 8.32 Å². The topological polar surface area (TPSA) is 80.3 Å². The Bertz CT molecular complexity index is 979. The van der Waals surface area contributed by atoms with Gasteiger partial charge in [0.25, 0.3) is 0 Å². The quantitative estimate of drug-likeness (QED) is 0.0861. The number of hydrogen-bond donors (Lipinski definition) is 0. The Hall–Kier alpha value is -0.529. The zero-order valence-electron chi connectivity index (χ0n) is 32.8. The average Bonchev–Trinajstić information content (AvgIpc) is 2.74. The summed E-state index contributed by atoms with van der Waals surface area (Å²) in [7, 11) is -6.97. The van der Waals surface area contributed by atoms with E-state index in [1.165, 1.54) is 0 Å². The van der Waals surface area contributed by atoms with E-state index in [1.807, 2.05) is 13.8 Å². The zero-order chi connectivity index (χ0) is 35.6. The molecule has 0 saturated carbocycles. The van der Waals surface area contributed by atoms with Gasteiger partial charge < -0.3 is 23.1 Å². The second-order valence-corrected chi connectivity index (χ2v) is 32.8. The van der Waals surface area contributed by atoms with Crippen molar-refractivity contribution in [2.75, 3.05) is 0 Å². The molecule has 0 fully saturated rings. The first-order valence-electron chi connectivity index (χ1n) is 16.6. The molecule has 10 heteroatoms. The summed E-state index contributed by atoms with van der Waals surface area (Å²) in [5.41, 5.74) is -1.07. The number of rotatable bonds is 17. The van der Waals surface area contributed by atoms with Crippen molar-refractivity contribution in [3.05, 3.63) is 0 Å². The Morgan fingerprint density at radius 3 is 1.50 bits per heavy atom. The molecule has 0 N–H and O–H groups in total. The lowest BCUT2D eigenvalue weighted by Gasteiger charge is -2.57. The highest BCUT2D eigenvalue weighted by atomic mass is 28.4. The highest BCUT2D eigenvalue weighted by Gasteiger charge is 2.58. The lowest BCUT2D eigenvalue weighted by molar-refractivity contribution is -0.141. The Labute approximate surface area is 275 Å². The molecule has 1 atom stereocenters. The minimum Gasteiger partial charge on any atom is -0.428 e. The fourth-order valence-corrected chi connectivity index (χ4v) is 16.2. The van der Waals surface area contributed by atoms with E-state index < -0.39 is 47.7 Å². The van der Waals surface area contributed by atoms with Crippen LogP contribution in [0.1, 0.15) is 130 Å². The van der Waals surface area contributed by atoms with Gasteiger partial charge in [-0.2, -0.15) is 0 Å². The van der Waals surface area contributed by atoms with Crippen LogP contribution in [0.3, 0.4) is 0 Å². The molecule has 0 heterocycles. The molecule has 0 amide bonds. The summed E-state index contributed by atoms with van der Waals surface area (Å²) in [4.78, 5) is 23.8. The van der Waals surface area contributed by atoms with Crippen LogP contribution in [0.2, 0.25) is 49.4 Å². The van der Waals surface area contributed by atoms with E-state index in [1.54, 1.807) is 6.92 Å². The molecule has 0 aromatic rings. The highest BCUT2D eigenvalue weighted by Crippen LogP contribution is 2.52. The maximum atomic E-state index is 12.2. The summed E-state index contributed by atoms with van der Waals surface area (Å²) >= 11 is 0. The molecular weight excluding hydrogens is 605 g/mol. The predicted octanol–water partition coefficient (Wildman–Crippen LogP) is 10.6. The minimum absolute atomic E-state index is 0.0490. The second-order valence-electron chi connectivity index (χ2n) is 18.0. The van der Waals surface area contributed by atoms with Gasteiger partial charge in [0.1, 0.15) is 5.60 Å². The molecule has 0 aliphatic heterocycles. The Morgan fingerprint density at radius 1 is 0.636 bits per heavy atom. The predicted molar refractivity (Wildman–Crippen MR) is 192 cm³/mol. The molecular formula is C34H72O7Si3. The van der Waals surface area contributed by atoms with Crippen LogP contribution in [0, 0.1) is 0 Å². The first-order valence-corrected chi connectivity index (χ1v) is 25.5. The van der Waals surface area contributed by atoms with Gasteiger partial charge in [-0.1, -0.05) is 54.6 Å². The Balaban J connectivity index is 6.04. The Morgan fingerprint density at radius 2 is 1.07 bits per heavy atom. The number of esters is 1. The van der Waals surface area contributed by atoms with Crippen molar-refractivity contribution >= 4 is 36.8 Å². The van der Waals surface area contributed by atoms with Gasteiger partial charge in [-0.25, -0.2) is 4.79 Å². The van der Waals surface area contributed by atoms with E-state index in [0.29, 0.717) is 6.42 Å². The molecule has 0 bridgehead atoms. The third-order valence-corrected chi connectivity index (χ3v) is 26.5. The van der Waals surface area contributed by atoms with E-state index >= 15 is 0 Å². The van der Waals surface area contributed by atoms with E-state index in [-0.39, 0.29) is 33.4 Å². The van der Waals surface area contributed by atoms with Gasteiger partial charge in [-0.05, 0) is 118 Å². The fraction of sp³-hybridized carbons (Fsp3) is 0.941. The van der Waals surface area contributed by atoms with Gasteiger partial charge in [-0.15, -0.1) is 0 Å². The van der Waals surface area contributed by atoms with Crippen molar-refractivity contribution in [1.29, 1.82) is 0 Å². The largest absolute Gasteiger partial charge is 0.516 e. The van der Waals surface area contributed by atoms with Crippen LogP contribution in [-0.4, -0.2) is 64.6 Å². The molecule has 0 unspecified atom stereocenters. The number of carbonyl (C=O) groups is 2. The smallest absolute Gasteiger partial charge is 0.428 e. The summed E-state index contributed by atoms with van der Waals surface area (Å²) in [5, 5.41) is -1.03. The van der Waals surface area contributed by atoms with Crippen molar-refractivity contribution in [3.8, 4) is 0 Å². The van der Waals surface area contributed by atoms with Crippen LogP contribution in [-0.2, 0) is 27.9 Å². The van der Waals surface area contributed by atoms with Crippen molar-refractivity contribution in [2.45, 2.75) is 207 Å². The molecule has 7 nitrogen and oxygen atoms in total. The molecule has 0 spiro atoms. The molecule has 0 radical (unpaired) electrons. The molecule has 0 rings (SSSR count). The molecule has 44 heavy (non-hydrogen) atoms. The van der Waals surface area contributed by atoms with Crippen LogP contribution in [0.4, 0.5) is 4.79 Å². The fourth-order valence-electron chi connectivity index (χ4n) is 6.28. The molecule has 0 aliphatic rings. The maximum absolute atomic E-state index is 12.2. The normalized spacial score (nSPS) is 15.7. The zero-order valence-corrected chi connectivity index (χ0v) is 35.8. The van der Waals surface area contributed by atoms with Crippen LogP contribution in [0.5, 0.6) is 0 Å². The third kappa shape index (κ3) is 11.3. The van der Waals surface area contributed by atoms with E-state index in [4.69, 9.17) is 23.1 Å². The monoisotopic (exact) mass is 676 g/mol. The standard InChI is InChI=1S/C34H72O7Si3/c1-22-26(3)38-29(4,5)24-31(8,9)42(16,17)33(12,13)40-44(20,21)34(14,15)41-43(18,19)32(10,11)25-30(6,7)39-28(36)37-27(35)23-2/h26H,22-25H2,1-21H3/t26-/m1/s1. The SMILES string of the molecule is CCC(=O)OC(=O)OC(C)(C)CC(C)(C)[Si](C)(C)OC(C)(C)[Si](C)(C)OC(C)(C)[Si](C)(C)C(C)(C)CC(C)(C)O[C@H](C)CC. The maximum Gasteiger partial charge on any atom is 0.516 e. The molecule has 0 aromatic heterocycles. The summed E-state index contributed by atoms with van der Waals surface area (Å²) in [6.45, 7) is 46.3. The van der Waals surface area contributed by atoms with Gasteiger partial charge in [-0.3, -0.25) is 4.79 Å². The highest BCUT2D eigenvalue weighted by molar-refractivity contribution is 6.84. The van der Waals surface area contributed by atoms with Crippen LogP contribution < -0.4 is 0 Å². The molecule has 262 valence electrons. The first-order chi connectivity index (χ1) is 19.1. The van der Waals surface area contributed by atoms with Gasteiger partial charge in [0.2, 0.25) is 8.32 Å². The van der Waals surface area contributed by atoms with Crippen LogP contribution in [0.25, 0.3) is 0 Å². The number of carbonyl (C=O) groups excluding carboxylic acids is 2. The van der Waals surface area contributed by atoms with Crippen LogP contribution in [0.15, 0.2) is 0 Å². The summed E-state index contributed by atoms with van der Waals surface area (Å²) < 4.78 is 31.4. The van der Waals surface area contributed by atoms with Gasteiger partial charge in [0.05, 0.1) is 25.0 Å². The first kappa shape index (κ1) is 43.5. The summed E-state index contributed by atoms with van der Waals surface area (Å²) in [6, 6.07) is 0. The average molecular weight is 677 g/mol. The number of ether oxygens (including phenoxy) is 3. The summed E-state index contributed by atoms with van der Waals surface area (Å²) in [5.74, 6) is -0.599. The minimum atomic E-state index is -2.47. The lowest BCUT2D eigenvalue weighted by atomic mass is 9.94. The third-order valence-electron chi connectivity index (χ3n) is 11.0. The van der Waals surface area contributed by atoms with Crippen molar-refractivity contribution < 1.29 is 32.7 Å². The van der Waals surface area contributed by atoms with Gasteiger partial charge in [0, 0.05) is 11.6 Å². The summed E-state index contributed by atoms with van der Waals surface area (Å²) in [6.07, 6.45) is 1.91. The molecule has 0 saturated heterocycles. The van der Waals surface area contributed by atoms with Crippen molar-refractivity contribution in [2.24, 2.45) is 0 Å². The molecule has 0 aromatic carbocycles. The van der Waals surface area contributed by atoms with Gasteiger partial charge >= 0.3 is 12.1 Å². The van der Waals surface area contributed by atoms with E-state index in [9.17, 15) is 9.59 Å². The molecule has 0 aliphatic carbocycles. The lowest BCUT2D eigenvalue weighted by Crippen LogP contribution is -2.68. The Kier molecular flexibility index (Phi) is 14.1. The van der Waals surface area contributed by atoms with E-state index in [2.05, 4.69) is 122 Å². The van der Waals surface area contributed by atoms with Crippen LogP contribution >= 0.6 is 0 Å². The van der Waals surface area contributed by atoms with E-state index in [0.717, 1.165) is 12.8 Å². The van der Waals surface area contributed by atoms with Crippen molar-refractivity contribution in [3.63, 3.8) is 0 Å². The second kappa shape index (κ2) is 14.3.